The fraction of sp³-hybridized carbons (Fsp3) is 0.857. The number of carboxylic acids is 1. The van der Waals surface area contributed by atoms with E-state index < -0.39 is 11.4 Å². The maximum absolute atomic E-state index is 11.9. The summed E-state index contributed by atoms with van der Waals surface area (Å²) in [6.45, 7) is 3.44. The van der Waals surface area contributed by atoms with Crippen LogP contribution in [0.15, 0.2) is 0 Å². The molecule has 2 rings (SSSR count). The summed E-state index contributed by atoms with van der Waals surface area (Å²) in [6.07, 6.45) is 4.48. The zero-order chi connectivity index (χ0) is 13.9. The fourth-order valence-electron chi connectivity index (χ4n) is 2.97. The summed E-state index contributed by atoms with van der Waals surface area (Å²) in [4.78, 5) is 23.1. The summed E-state index contributed by atoms with van der Waals surface area (Å²) in [6, 6.07) is 0. The average Bonchev–Trinajstić information content (AvgIpc) is 2.31. The summed E-state index contributed by atoms with van der Waals surface area (Å²) in [5.41, 5.74) is -0.785. The van der Waals surface area contributed by atoms with E-state index >= 15 is 0 Å². The van der Waals surface area contributed by atoms with Crippen molar-refractivity contribution < 1.29 is 19.4 Å². The van der Waals surface area contributed by atoms with Gasteiger partial charge in [-0.2, -0.15) is 0 Å². The molecule has 19 heavy (non-hydrogen) atoms. The van der Waals surface area contributed by atoms with Crippen LogP contribution in [-0.2, 0) is 14.3 Å². The minimum absolute atomic E-state index is 0.124. The van der Waals surface area contributed by atoms with Gasteiger partial charge in [0.2, 0.25) is 5.91 Å². The number of ether oxygens (including phenoxy) is 1. The first-order valence-corrected chi connectivity index (χ1v) is 7.13. The second kappa shape index (κ2) is 5.90. The zero-order valence-electron chi connectivity index (χ0n) is 11.5. The molecule has 5 heteroatoms. The fourth-order valence-corrected chi connectivity index (χ4v) is 2.97. The summed E-state index contributed by atoms with van der Waals surface area (Å²) < 4.78 is 5.46. The smallest absolute Gasteiger partial charge is 0.310 e. The van der Waals surface area contributed by atoms with Crippen molar-refractivity contribution in [3.63, 3.8) is 0 Å². The number of aliphatic carboxylic acids is 1. The van der Waals surface area contributed by atoms with Gasteiger partial charge in [-0.25, -0.2) is 0 Å². The lowest BCUT2D eigenvalue weighted by atomic mass is 9.66. The Morgan fingerprint density at radius 2 is 2.16 bits per heavy atom. The van der Waals surface area contributed by atoms with Gasteiger partial charge in [0.25, 0.3) is 0 Å². The Morgan fingerprint density at radius 3 is 2.68 bits per heavy atom. The van der Waals surface area contributed by atoms with Crippen LogP contribution in [0.1, 0.15) is 45.4 Å². The lowest BCUT2D eigenvalue weighted by Gasteiger charge is -2.37. The van der Waals surface area contributed by atoms with Crippen molar-refractivity contribution in [3.8, 4) is 0 Å². The number of amides is 1. The van der Waals surface area contributed by atoms with Gasteiger partial charge in [0, 0.05) is 19.6 Å². The largest absolute Gasteiger partial charge is 0.481 e. The molecule has 1 saturated carbocycles. The van der Waals surface area contributed by atoms with Crippen LogP contribution in [0.5, 0.6) is 0 Å². The zero-order valence-corrected chi connectivity index (χ0v) is 11.5. The van der Waals surface area contributed by atoms with Gasteiger partial charge < -0.3 is 15.2 Å². The van der Waals surface area contributed by atoms with E-state index in [4.69, 9.17) is 4.74 Å². The number of hydrogen-bond donors (Lipinski definition) is 2. The van der Waals surface area contributed by atoms with Crippen molar-refractivity contribution >= 4 is 11.9 Å². The van der Waals surface area contributed by atoms with Gasteiger partial charge in [0.15, 0.2) is 0 Å². The molecule has 1 heterocycles. The molecular formula is C14H23NO4. The Labute approximate surface area is 113 Å². The van der Waals surface area contributed by atoms with Crippen molar-refractivity contribution in [3.05, 3.63) is 0 Å². The van der Waals surface area contributed by atoms with E-state index in [2.05, 4.69) is 5.32 Å². The first kappa shape index (κ1) is 14.3. The standard InChI is InChI=1S/C14H23NO4/c1-10-7-11(3-6-19-10)9-15-12(16)8-14(13(17)18)4-2-5-14/h10-11H,2-9H2,1H3,(H,15,16)(H,17,18). The molecule has 2 unspecified atom stereocenters. The van der Waals surface area contributed by atoms with E-state index in [1.54, 1.807) is 0 Å². The van der Waals surface area contributed by atoms with Gasteiger partial charge in [-0.1, -0.05) is 6.42 Å². The minimum Gasteiger partial charge on any atom is -0.481 e. The van der Waals surface area contributed by atoms with Gasteiger partial charge >= 0.3 is 5.97 Å². The summed E-state index contributed by atoms with van der Waals surface area (Å²) in [5, 5.41) is 12.1. The van der Waals surface area contributed by atoms with Crippen molar-refractivity contribution in [1.29, 1.82) is 0 Å². The minimum atomic E-state index is -0.825. The Hall–Kier alpha value is -1.10. The monoisotopic (exact) mass is 269 g/mol. The van der Waals surface area contributed by atoms with E-state index in [9.17, 15) is 14.7 Å². The highest BCUT2D eigenvalue weighted by molar-refractivity contribution is 5.85. The predicted octanol–water partition coefficient (Wildman–Crippen LogP) is 1.56. The van der Waals surface area contributed by atoms with Crippen molar-refractivity contribution in [2.75, 3.05) is 13.2 Å². The molecule has 2 atom stereocenters. The normalized spacial score (nSPS) is 29.3. The molecule has 1 saturated heterocycles. The SMILES string of the molecule is CC1CC(CNC(=O)CC2(C(=O)O)CCC2)CCO1. The molecule has 0 bridgehead atoms. The maximum atomic E-state index is 11.9. The molecule has 108 valence electrons. The van der Waals surface area contributed by atoms with Crippen LogP contribution in [0.4, 0.5) is 0 Å². The van der Waals surface area contributed by atoms with Gasteiger partial charge in [-0.3, -0.25) is 9.59 Å². The van der Waals surface area contributed by atoms with Gasteiger partial charge in [-0.05, 0) is 38.5 Å². The number of rotatable bonds is 5. The van der Waals surface area contributed by atoms with Crippen LogP contribution < -0.4 is 5.32 Å². The van der Waals surface area contributed by atoms with Gasteiger partial charge in [0.05, 0.1) is 11.5 Å². The highest BCUT2D eigenvalue weighted by Crippen LogP contribution is 2.44. The molecule has 1 aliphatic carbocycles. The Balaban J connectivity index is 1.74. The molecule has 0 radical (unpaired) electrons. The summed E-state index contributed by atoms with van der Waals surface area (Å²) >= 11 is 0. The molecular weight excluding hydrogens is 246 g/mol. The van der Waals surface area contributed by atoms with E-state index in [1.807, 2.05) is 6.92 Å². The first-order chi connectivity index (χ1) is 9.02. The lowest BCUT2D eigenvalue weighted by Crippen LogP contribution is -2.43. The van der Waals surface area contributed by atoms with Crippen LogP contribution in [0, 0.1) is 11.3 Å². The van der Waals surface area contributed by atoms with E-state index in [1.165, 1.54) is 0 Å². The van der Waals surface area contributed by atoms with Gasteiger partial charge in [-0.15, -0.1) is 0 Å². The number of hydrogen-bond acceptors (Lipinski definition) is 3. The summed E-state index contributed by atoms with van der Waals surface area (Å²) in [5.74, 6) is -0.496. The van der Waals surface area contributed by atoms with E-state index in [0.29, 0.717) is 25.3 Å². The molecule has 2 aliphatic rings. The number of carboxylic acid groups (broad SMARTS) is 1. The predicted molar refractivity (Wildman–Crippen MR) is 69.7 cm³/mol. The summed E-state index contributed by atoms with van der Waals surface area (Å²) in [7, 11) is 0. The quantitative estimate of drug-likeness (QED) is 0.794. The van der Waals surface area contributed by atoms with Crippen LogP contribution in [-0.4, -0.2) is 36.2 Å². The molecule has 0 aromatic rings. The molecule has 1 aliphatic heterocycles. The second-order valence-corrected chi connectivity index (χ2v) is 5.99. The van der Waals surface area contributed by atoms with Crippen molar-refractivity contribution in [1.82, 2.24) is 5.32 Å². The maximum Gasteiger partial charge on any atom is 0.310 e. The number of carbonyl (C=O) groups is 2. The van der Waals surface area contributed by atoms with Gasteiger partial charge in [0.1, 0.15) is 0 Å². The van der Waals surface area contributed by atoms with Crippen LogP contribution >= 0.6 is 0 Å². The number of nitrogens with one attached hydrogen (secondary N) is 1. The Bertz CT molecular complexity index is 351. The van der Waals surface area contributed by atoms with Crippen LogP contribution in [0.3, 0.4) is 0 Å². The van der Waals surface area contributed by atoms with Crippen molar-refractivity contribution in [2.24, 2.45) is 11.3 Å². The second-order valence-electron chi connectivity index (χ2n) is 5.99. The lowest BCUT2D eigenvalue weighted by molar-refractivity contribution is -0.157. The third-order valence-corrected chi connectivity index (χ3v) is 4.44. The Kier molecular flexibility index (Phi) is 4.45. The third-order valence-electron chi connectivity index (χ3n) is 4.44. The molecule has 2 fully saturated rings. The molecule has 0 aromatic carbocycles. The number of carbonyl (C=O) groups excluding carboxylic acids is 1. The molecule has 1 amide bonds. The van der Waals surface area contributed by atoms with E-state index in [0.717, 1.165) is 25.9 Å². The van der Waals surface area contributed by atoms with Crippen molar-refractivity contribution in [2.45, 2.75) is 51.6 Å². The van der Waals surface area contributed by atoms with Crippen LogP contribution in [0.25, 0.3) is 0 Å². The molecule has 0 aromatic heterocycles. The highest BCUT2D eigenvalue weighted by Gasteiger charge is 2.45. The van der Waals surface area contributed by atoms with Crippen LogP contribution in [0.2, 0.25) is 0 Å². The Morgan fingerprint density at radius 1 is 1.42 bits per heavy atom. The molecule has 5 nitrogen and oxygen atoms in total. The van der Waals surface area contributed by atoms with E-state index in [-0.39, 0.29) is 18.4 Å². The molecule has 0 spiro atoms. The average molecular weight is 269 g/mol. The molecule has 2 N–H and O–H groups in total. The third kappa shape index (κ3) is 3.47. The topological polar surface area (TPSA) is 75.6 Å². The highest BCUT2D eigenvalue weighted by atomic mass is 16.5. The first-order valence-electron chi connectivity index (χ1n) is 7.13.